The minimum Gasteiger partial charge on any atom is -0.356 e. The van der Waals surface area contributed by atoms with Crippen LogP contribution in [0.3, 0.4) is 0 Å². The highest BCUT2D eigenvalue weighted by atomic mass is 127. The Kier molecular flexibility index (Phi) is 7.56. The van der Waals surface area contributed by atoms with Crippen LogP contribution in [0.25, 0.3) is 5.65 Å². The molecule has 7 nitrogen and oxygen atoms in total. The lowest BCUT2D eigenvalue weighted by molar-refractivity contribution is 0.713. The zero-order valence-electron chi connectivity index (χ0n) is 14.3. The molecule has 0 amide bonds. The average molecular weight is 471 g/mol. The first-order valence-electron chi connectivity index (χ1n) is 7.91. The maximum absolute atomic E-state index is 4.34. The van der Waals surface area contributed by atoms with Gasteiger partial charge in [-0.15, -0.1) is 45.5 Å². The van der Waals surface area contributed by atoms with Crippen molar-refractivity contribution in [2.45, 2.75) is 26.3 Å². The Morgan fingerprint density at radius 1 is 1.28 bits per heavy atom. The van der Waals surface area contributed by atoms with Gasteiger partial charge in [0, 0.05) is 37.3 Å². The summed E-state index contributed by atoms with van der Waals surface area (Å²) in [6.07, 6.45) is 5.70. The van der Waals surface area contributed by atoms with Crippen molar-refractivity contribution in [3.05, 3.63) is 46.3 Å². The summed E-state index contributed by atoms with van der Waals surface area (Å²) in [5.41, 5.74) is 0.886. The first-order chi connectivity index (χ1) is 11.8. The molecule has 134 valence electrons. The van der Waals surface area contributed by atoms with E-state index < -0.39 is 0 Å². The van der Waals surface area contributed by atoms with Gasteiger partial charge < -0.3 is 10.6 Å². The van der Waals surface area contributed by atoms with Crippen LogP contribution in [0.1, 0.15) is 22.1 Å². The molecule has 0 fully saturated rings. The van der Waals surface area contributed by atoms with Crippen molar-refractivity contribution >= 4 is 46.9 Å². The van der Waals surface area contributed by atoms with Gasteiger partial charge in [-0.1, -0.05) is 6.07 Å². The molecule has 25 heavy (non-hydrogen) atoms. The zero-order chi connectivity index (χ0) is 16.8. The molecule has 3 rings (SSSR count). The van der Waals surface area contributed by atoms with Crippen molar-refractivity contribution in [2.24, 2.45) is 4.99 Å². The van der Waals surface area contributed by atoms with Gasteiger partial charge in [0.05, 0.1) is 6.54 Å². The number of rotatable bonds is 6. The number of guanidine groups is 1. The standard InChI is InChI=1S/C16H21N7S.HI/c1-12-10-19-15(24-12)11-20-16(17-2)18-8-5-7-14-22-21-13-6-3-4-9-23(13)14;/h3-4,6,9-10H,5,7-8,11H2,1-2H3,(H2,17,18,20);1H. The Hall–Kier alpha value is -1.75. The number of hydrogen-bond donors (Lipinski definition) is 2. The minimum atomic E-state index is 0. The summed E-state index contributed by atoms with van der Waals surface area (Å²) in [5, 5.41) is 16.1. The van der Waals surface area contributed by atoms with Gasteiger partial charge in [0.15, 0.2) is 11.6 Å². The van der Waals surface area contributed by atoms with Gasteiger partial charge in [-0.25, -0.2) is 4.98 Å². The summed E-state index contributed by atoms with van der Waals surface area (Å²) < 4.78 is 2.03. The predicted octanol–water partition coefficient (Wildman–Crippen LogP) is 2.41. The van der Waals surface area contributed by atoms with Gasteiger partial charge in [-0.3, -0.25) is 9.39 Å². The lowest BCUT2D eigenvalue weighted by atomic mass is 10.3. The van der Waals surface area contributed by atoms with Crippen molar-refractivity contribution in [1.82, 2.24) is 30.2 Å². The topological polar surface area (TPSA) is 79.5 Å². The molecule has 3 aromatic rings. The number of hydrogen-bond acceptors (Lipinski definition) is 5. The molecule has 0 aliphatic rings. The monoisotopic (exact) mass is 471 g/mol. The number of aliphatic imine (C=N–C) groups is 1. The summed E-state index contributed by atoms with van der Waals surface area (Å²) in [4.78, 5) is 9.79. The van der Waals surface area contributed by atoms with E-state index in [2.05, 4.69) is 37.7 Å². The van der Waals surface area contributed by atoms with E-state index in [1.165, 1.54) is 4.88 Å². The molecule has 0 bridgehead atoms. The lowest BCUT2D eigenvalue weighted by Crippen LogP contribution is -2.37. The molecule has 3 aromatic heterocycles. The van der Waals surface area contributed by atoms with E-state index in [1.54, 1.807) is 18.4 Å². The van der Waals surface area contributed by atoms with Crippen LogP contribution in [0.2, 0.25) is 0 Å². The number of aryl methyl sites for hydroxylation is 2. The molecule has 0 aliphatic carbocycles. The predicted molar refractivity (Wildman–Crippen MR) is 112 cm³/mol. The molecule has 0 radical (unpaired) electrons. The molecule has 2 N–H and O–H groups in total. The third-order valence-corrected chi connectivity index (χ3v) is 4.47. The van der Waals surface area contributed by atoms with Crippen LogP contribution < -0.4 is 10.6 Å². The van der Waals surface area contributed by atoms with Gasteiger partial charge in [0.25, 0.3) is 0 Å². The molecular weight excluding hydrogens is 449 g/mol. The van der Waals surface area contributed by atoms with Crippen LogP contribution in [0.4, 0.5) is 0 Å². The number of nitrogens with zero attached hydrogens (tertiary/aromatic N) is 5. The molecule has 0 spiro atoms. The molecule has 0 aromatic carbocycles. The fourth-order valence-electron chi connectivity index (χ4n) is 2.38. The number of nitrogens with one attached hydrogen (secondary N) is 2. The van der Waals surface area contributed by atoms with Crippen molar-refractivity contribution < 1.29 is 0 Å². The second-order valence-electron chi connectivity index (χ2n) is 5.37. The molecule has 0 saturated heterocycles. The Bertz CT molecular complexity index is 827. The smallest absolute Gasteiger partial charge is 0.191 e. The SMILES string of the molecule is CN=C(NCCCc1nnc2ccccn12)NCc1ncc(C)s1.I. The fraction of sp³-hybridized carbons (Fsp3) is 0.375. The van der Waals surface area contributed by atoms with Crippen LogP contribution in [-0.2, 0) is 13.0 Å². The van der Waals surface area contributed by atoms with Gasteiger partial charge in [0.1, 0.15) is 10.8 Å². The van der Waals surface area contributed by atoms with Crippen molar-refractivity contribution in [1.29, 1.82) is 0 Å². The fourth-order valence-corrected chi connectivity index (χ4v) is 3.10. The van der Waals surface area contributed by atoms with E-state index in [1.807, 2.05) is 35.0 Å². The first kappa shape index (κ1) is 19.6. The van der Waals surface area contributed by atoms with Crippen molar-refractivity contribution in [2.75, 3.05) is 13.6 Å². The molecule has 0 aliphatic heterocycles. The Labute approximate surface area is 168 Å². The van der Waals surface area contributed by atoms with E-state index in [-0.39, 0.29) is 24.0 Å². The van der Waals surface area contributed by atoms with Gasteiger partial charge >= 0.3 is 0 Å². The van der Waals surface area contributed by atoms with Crippen LogP contribution in [0.5, 0.6) is 0 Å². The largest absolute Gasteiger partial charge is 0.356 e. The summed E-state index contributed by atoms with van der Waals surface area (Å²) in [5.74, 6) is 1.77. The summed E-state index contributed by atoms with van der Waals surface area (Å²) in [6, 6.07) is 5.92. The summed E-state index contributed by atoms with van der Waals surface area (Å²) >= 11 is 1.69. The zero-order valence-corrected chi connectivity index (χ0v) is 17.4. The number of fused-ring (bicyclic) bond motifs is 1. The van der Waals surface area contributed by atoms with E-state index in [0.29, 0.717) is 6.54 Å². The molecule has 0 atom stereocenters. The van der Waals surface area contributed by atoms with Gasteiger partial charge in [-0.2, -0.15) is 0 Å². The van der Waals surface area contributed by atoms with Crippen LogP contribution >= 0.6 is 35.3 Å². The molecule has 3 heterocycles. The number of halogens is 1. The van der Waals surface area contributed by atoms with Crippen molar-refractivity contribution in [3.8, 4) is 0 Å². The molecule has 0 saturated carbocycles. The average Bonchev–Trinajstić information content (AvgIpc) is 3.20. The lowest BCUT2D eigenvalue weighted by Gasteiger charge is -2.10. The highest BCUT2D eigenvalue weighted by molar-refractivity contribution is 14.0. The van der Waals surface area contributed by atoms with Gasteiger partial charge in [-0.05, 0) is 25.5 Å². The highest BCUT2D eigenvalue weighted by Crippen LogP contribution is 2.10. The minimum absolute atomic E-state index is 0. The van der Waals surface area contributed by atoms with E-state index in [0.717, 1.165) is 41.8 Å². The van der Waals surface area contributed by atoms with Crippen LogP contribution in [0, 0.1) is 6.92 Å². The molecule has 0 unspecified atom stereocenters. The van der Waals surface area contributed by atoms with Crippen LogP contribution in [-0.4, -0.2) is 39.1 Å². The second kappa shape index (κ2) is 9.66. The second-order valence-corrected chi connectivity index (χ2v) is 6.69. The number of aromatic nitrogens is 4. The molecular formula is C16H22IN7S. The molecule has 9 heteroatoms. The Balaban J connectivity index is 0.00000225. The Morgan fingerprint density at radius 2 is 2.16 bits per heavy atom. The summed E-state index contributed by atoms with van der Waals surface area (Å²) in [6.45, 7) is 3.56. The number of pyridine rings is 1. The third kappa shape index (κ3) is 5.36. The highest BCUT2D eigenvalue weighted by Gasteiger charge is 2.05. The van der Waals surface area contributed by atoms with Crippen LogP contribution in [0.15, 0.2) is 35.6 Å². The first-order valence-corrected chi connectivity index (χ1v) is 8.72. The Morgan fingerprint density at radius 3 is 2.92 bits per heavy atom. The normalized spacial score (nSPS) is 11.4. The number of thiazole rings is 1. The maximum Gasteiger partial charge on any atom is 0.191 e. The van der Waals surface area contributed by atoms with E-state index >= 15 is 0 Å². The van der Waals surface area contributed by atoms with Crippen molar-refractivity contribution in [3.63, 3.8) is 0 Å². The maximum atomic E-state index is 4.34. The summed E-state index contributed by atoms with van der Waals surface area (Å²) in [7, 11) is 1.77. The van der Waals surface area contributed by atoms with Gasteiger partial charge in [0.2, 0.25) is 0 Å². The van der Waals surface area contributed by atoms with E-state index in [9.17, 15) is 0 Å². The quantitative estimate of drug-likeness (QED) is 0.250. The van der Waals surface area contributed by atoms with E-state index in [4.69, 9.17) is 0 Å². The third-order valence-electron chi connectivity index (χ3n) is 3.55.